The Morgan fingerprint density at radius 1 is 1.24 bits per heavy atom. The third kappa shape index (κ3) is 4.57. The number of nitro groups is 1. The minimum Gasteiger partial charge on any atom is -0.484 e. The number of carbonyl (C=O) groups excluding carboxylic acids is 1. The van der Waals surface area contributed by atoms with Gasteiger partial charge in [-0.15, -0.1) is 0 Å². The number of nitrogens with one attached hydrogen (secondary N) is 1. The van der Waals surface area contributed by atoms with Crippen LogP contribution < -0.4 is 10.1 Å². The number of rotatable bonds is 5. The van der Waals surface area contributed by atoms with Gasteiger partial charge in [-0.2, -0.15) is 0 Å². The summed E-state index contributed by atoms with van der Waals surface area (Å²) in [4.78, 5) is 21.9. The van der Waals surface area contributed by atoms with E-state index in [2.05, 4.69) is 21.2 Å². The Morgan fingerprint density at radius 3 is 2.71 bits per heavy atom. The molecule has 0 aliphatic heterocycles. The fourth-order valence-electron chi connectivity index (χ4n) is 1.60. The van der Waals surface area contributed by atoms with Crippen molar-refractivity contribution >= 4 is 33.2 Å². The molecule has 0 saturated carbocycles. The van der Waals surface area contributed by atoms with Crippen LogP contribution in [0.2, 0.25) is 0 Å². The Bertz CT molecular complexity index is 676. The molecule has 0 unspecified atom stereocenters. The van der Waals surface area contributed by atoms with Crippen LogP contribution in [0, 0.1) is 10.1 Å². The van der Waals surface area contributed by atoms with E-state index in [0.29, 0.717) is 11.4 Å². The van der Waals surface area contributed by atoms with Gasteiger partial charge in [-0.25, -0.2) is 0 Å². The first-order chi connectivity index (χ1) is 10.0. The van der Waals surface area contributed by atoms with E-state index in [9.17, 15) is 14.9 Å². The highest BCUT2D eigenvalue weighted by Crippen LogP contribution is 2.19. The number of benzene rings is 2. The van der Waals surface area contributed by atoms with Gasteiger partial charge in [0, 0.05) is 22.3 Å². The molecule has 2 aromatic rings. The third-order valence-corrected chi connectivity index (χ3v) is 3.00. The van der Waals surface area contributed by atoms with Crippen LogP contribution in [0.15, 0.2) is 53.0 Å². The fraction of sp³-hybridized carbons (Fsp3) is 0.0714. The average molecular weight is 351 g/mol. The molecule has 0 heterocycles. The standard InChI is InChI=1S/C14H11BrN2O4/c15-10-3-1-6-13(7-10)21-9-14(18)16-11-4-2-5-12(8-11)17(19)20/h1-8H,9H2,(H,16,18). The molecule has 0 aliphatic rings. The molecule has 21 heavy (non-hydrogen) atoms. The van der Waals surface area contributed by atoms with Gasteiger partial charge < -0.3 is 10.1 Å². The van der Waals surface area contributed by atoms with Gasteiger partial charge in [0.05, 0.1) is 4.92 Å². The summed E-state index contributed by atoms with van der Waals surface area (Å²) >= 11 is 3.30. The van der Waals surface area contributed by atoms with E-state index in [1.165, 1.54) is 18.2 Å². The summed E-state index contributed by atoms with van der Waals surface area (Å²) in [6, 6.07) is 12.8. The lowest BCUT2D eigenvalue weighted by Gasteiger charge is -2.07. The zero-order valence-corrected chi connectivity index (χ0v) is 12.4. The van der Waals surface area contributed by atoms with Gasteiger partial charge in [0.1, 0.15) is 5.75 Å². The van der Waals surface area contributed by atoms with Crippen molar-refractivity contribution in [2.45, 2.75) is 0 Å². The van der Waals surface area contributed by atoms with Gasteiger partial charge in [0.25, 0.3) is 11.6 Å². The maximum atomic E-state index is 11.7. The van der Waals surface area contributed by atoms with Crippen molar-refractivity contribution in [3.05, 3.63) is 63.1 Å². The second-order valence-electron chi connectivity index (χ2n) is 4.10. The Kier molecular flexibility index (Phi) is 4.89. The van der Waals surface area contributed by atoms with Crippen molar-refractivity contribution in [2.24, 2.45) is 0 Å². The maximum absolute atomic E-state index is 11.7. The Labute approximate surface area is 129 Å². The van der Waals surface area contributed by atoms with Crippen LogP contribution in [0.5, 0.6) is 5.75 Å². The molecule has 0 radical (unpaired) electrons. The van der Waals surface area contributed by atoms with Crippen molar-refractivity contribution in [1.29, 1.82) is 0 Å². The van der Waals surface area contributed by atoms with Gasteiger partial charge in [-0.1, -0.05) is 28.1 Å². The van der Waals surface area contributed by atoms with Crippen LogP contribution in [-0.2, 0) is 4.79 Å². The number of non-ortho nitro benzene ring substituents is 1. The van der Waals surface area contributed by atoms with Crippen LogP contribution in [0.25, 0.3) is 0 Å². The lowest BCUT2D eigenvalue weighted by Crippen LogP contribution is -2.20. The molecule has 1 amide bonds. The van der Waals surface area contributed by atoms with Crippen molar-refractivity contribution < 1.29 is 14.5 Å². The summed E-state index contributed by atoms with van der Waals surface area (Å²) in [6.07, 6.45) is 0. The van der Waals surface area contributed by atoms with E-state index in [-0.39, 0.29) is 12.3 Å². The number of amides is 1. The molecular weight excluding hydrogens is 340 g/mol. The molecule has 7 heteroatoms. The van der Waals surface area contributed by atoms with Crippen molar-refractivity contribution in [2.75, 3.05) is 11.9 Å². The van der Waals surface area contributed by atoms with Gasteiger partial charge in [0.2, 0.25) is 0 Å². The Balaban J connectivity index is 1.93. The molecule has 0 aromatic heterocycles. The maximum Gasteiger partial charge on any atom is 0.271 e. The van der Waals surface area contributed by atoms with E-state index in [0.717, 1.165) is 4.47 Å². The van der Waals surface area contributed by atoms with Crippen molar-refractivity contribution in [3.63, 3.8) is 0 Å². The van der Waals surface area contributed by atoms with E-state index in [1.54, 1.807) is 24.3 Å². The average Bonchev–Trinajstić information content (AvgIpc) is 2.45. The van der Waals surface area contributed by atoms with Gasteiger partial charge in [0.15, 0.2) is 6.61 Å². The summed E-state index contributed by atoms with van der Waals surface area (Å²) in [5, 5.41) is 13.2. The molecule has 2 aromatic carbocycles. The molecule has 6 nitrogen and oxygen atoms in total. The summed E-state index contributed by atoms with van der Waals surface area (Å²) < 4.78 is 6.17. The molecule has 2 rings (SSSR count). The normalized spacial score (nSPS) is 9.95. The van der Waals surface area contributed by atoms with E-state index in [1.807, 2.05) is 6.07 Å². The molecule has 0 atom stereocenters. The minimum absolute atomic E-state index is 0.0827. The summed E-state index contributed by atoms with van der Waals surface area (Å²) in [5.74, 6) is 0.161. The summed E-state index contributed by atoms with van der Waals surface area (Å²) in [6.45, 7) is -0.181. The molecule has 0 spiro atoms. The lowest BCUT2D eigenvalue weighted by atomic mass is 10.3. The number of nitro benzene ring substituents is 1. The summed E-state index contributed by atoms with van der Waals surface area (Å²) in [5.41, 5.74) is 0.271. The Morgan fingerprint density at radius 2 is 2.00 bits per heavy atom. The van der Waals surface area contributed by atoms with Crippen LogP contribution in [0.3, 0.4) is 0 Å². The quantitative estimate of drug-likeness (QED) is 0.661. The number of ether oxygens (including phenoxy) is 1. The molecule has 0 fully saturated rings. The van der Waals surface area contributed by atoms with E-state index in [4.69, 9.17) is 4.74 Å². The fourth-order valence-corrected chi connectivity index (χ4v) is 1.98. The monoisotopic (exact) mass is 350 g/mol. The zero-order chi connectivity index (χ0) is 15.2. The third-order valence-electron chi connectivity index (χ3n) is 2.51. The predicted octanol–water partition coefficient (Wildman–Crippen LogP) is 3.37. The molecular formula is C14H11BrN2O4. The topological polar surface area (TPSA) is 81.5 Å². The van der Waals surface area contributed by atoms with Crippen LogP contribution in [0.4, 0.5) is 11.4 Å². The van der Waals surface area contributed by atoms with Crippen LogP contribution >= 0.6 is 15.9 Å². The highest BCUT2D eigenvalue weighted by atomic mass is 79.9. The second-order valence-corrected chi connectivity index (χ2v) is 5.02. The first kappa shape index (κ1) is 15.0. The molecule has 108 valence electrons. The number of nitrogens with zero attached hydrogens (tertiary/aromatic N) is 1. The molecule has 0 saturated heterocycles. The highest BCUT2D eigenvalue weighted by molar-refractivity contribution is 9.10. The lowest BCUT2D eigenvalue weighted by molar-refractivity contribution is -0.384. The van der Waals surface area contributed by atoms with Crippen molar-refractivity contribution in [3.8, 4) is 5.75 Å². The Hall–Kier alpha value is -2.41. The highest BCUT2D eigenvalue weighted by Gasteiger charge is 2.08. The van der Waals surface area contributed by atoms with E-state index >= 15 is 0 Å². The van der Waals surface area contributed by atoms with Crippen LogP contribution in [0.1, 0.15) is 0 Å². The van der Waals surface area contributed by atoms with Gasteiger partial charge >= 0.3 is 0 Å². The first-order valence-corrected chi connectivity index (χ1v) is 6.76. The largest absolute Gasteiger partial charge is 0.484 e. The summed E-state index contributed by atoms with van der Waals surface area (Å²) in [7, 11) is 0. The predicted molar refractivity (Wildman–Crippen MR) is 81.4 cm³/mol. The van der Waals surface area contributed by atoms with E-state index < -0.39 is 10.8 Å². The minimum atomic E-state index is -0.520. The number of halogens is 1. The number of hydrogen-bond acceptors (Lipinski definition) is 4. The molecule has 1 N–H and O–H groups in total. The molecule has 0 aliphatic carbocycles. The van der Waals surface area contributed by atoms with Crippen molar-refractivity contribution in [1.82, 2.24) is 0 Å². The van der Waals surface area contributed by atoms with Gasteiger partial charge in [-0.3, -0.25) is 14.9 Å². The van der Waals surface area contributed by atoms with Crippen LogP contribution in [-0.4, -0.2) is 17.4 Å². The zero-order valence-electron chi connectivity index (χ0n) is 10.8. The number of hydrogen-bond donors (Lipinski definition) is 1. The number of carbonyl (C=O) groups is 1. The first-order valence-electron chi connectivity index (χ1n) is 5.97. The smallest absolute Gasteiger partial charge is 0.271 e. The second kappa shape index (κ2) is 6.85. The molecule has 0 bridgehead atoms. The number of anilines is 1. The van der Waals surface area contributed by atoms with Gasteiger partial charge in [-0.05, 0) is 24.3 Å². The SMILES string of the molecule is O=C(COc1cccc(Br)c1)Nc1cccc([N+](=O)[O-])c1.